The molecule has 19 heavy (non-hydrogen) atoms. The summed E-state index contributed by atoms with van der Waals surface area (Å²) < 4.78 is 0. The minimum atomic E-state index is -0.467. The number of fused-ring (bicyclic) bond motifs is 1. The summed E-state index contributed by atoms with van der Waals surface area (Å²) in [5.74, 6) is -0.935. The zero-order valence-corrected chi connectivity index (χ0v) is 10.6. The molecule has 6 N–H and O–H groups in total. The SMILES string of the molecule is NC(=O)CN(CC(N)=O)C1CCc2cc(N)ccc21. The van der Waals surface area contributed by atoms with Gasteiger partial charge in [-0.15, -0.1) is 0 Å². The number of nitrogens with zero attached hydrogens (tertiary/aromatic N) is 1. The zero-order chi connectivity index (χ0) is 14.0. The van der Waals surface area contributed by atoms with Gasteiger partial charge in [-0.05, 0) is 36.1 Å². The number of amides is 2. The maximum atomic E-state index is 11.1. The van der Waals surface area contributed by atoms with E-state index >= 15 is 0 Å². The average molecular weight is 262 g/mol. The number of carbonyl (C=O) groups excluding carboxylic acids is 2. The summed E-state index contributed by atoms with van der Waals surface area (Å²) in [6.45, 7) is 0.0504. The predicted octanol–water partition coefficient (Wildman–Crippen LogP) is -0.471. The lowest BCUT2D eigenvalue weighted by molar-refractivity contribution is -0.122. The van der Waals surface area contributed by atoms with E-state index < -0.39 is 11.8 Å². The monoisotopic (exact) mass is 262 g/mol. The lowest BCUT2D eigenvalue weighted by atomic mass is 10.1. The van der Waals surface area contributed by atoms with Crippen molar-refractivity contribution in [3.8, 4) is 0 Å². The first-order valence-corrected chi connectivity index (χ1v) is 6.16. The number of nitrogen functional groups attached to an aromatic ring is 1. The number of nitrogens with two attached hydrogens (primary N) is 3. The number of rotatable bonds is 5. The van der Waals surface area contributed by atoms with E-state index in [9.17, 15) is 9.59 Å². The third-order valence-electron chi connectivity index (χ3n) is 3.37. The lowest BCUT2D eigenvalue weighted by Gasteiger charge is -2.27. The second kappa shape index (κ2) is 5.27. The first-order valence-electron chi connectivity index (χ1n) is 6.16. The van der Waals surface area contributed by atoms with Crippen LogP contribution in [0.3, 0.4) is 0 Å². The Kier molecular flexibility index (Phi) is 3.71. The van der Waals surface area contributed by atoms with E-state index in [1.165, 1.54) is 0 Å². The van der Waals surface area contributed by atoms with Crippen LogP contribution in [0.15, 0.2) is 18.2 Å². The van der Waals surface area contributed by atoms with Crippen LogP contribution in [0.5, 0.6) is 0 Å². The summed E-state index contributed by atoms with van der Waals surface area (Å²) in [7, 11) is 0. The molecule has 1 unspecified atom stereocenters. The van der Waals surface area contributed by atoms with Crippen LogP contribution in [0.25, 0.3) is 0 Å². The number of benzene rings is 1. The van der Waals surface area contributed by atoms with Crippen LogP contribution in [-0.2, 0) is 16.0 Å². The fourth-order valence-electron chi connectivity index (χ4n) is 2.67. The molecule has 2 amide bonds. The first-order chi connectivity index (χ1) is 8.97. The highest BCUT2D eigenvalue weighted by Crippen LogP contribution is 2.36. The summed E-state index contributed by atoms with van der Waals surface area (Å²) in [5.41, 5.74) is 19.2. The predicted molar refractivity (Wildman–Crippen MR) is 71.9 cm³/mol. The second-order valence-corrected chi connectivity index (χ2v) is 4.85. The molecule has 0 spiro atoms. The van der Waals surface area contributed by atoms with Crippen LogP contribution in [0, 0.1) is 0 Å². The van der Waals surface area contributed by atoms with Gasteiger partial charge in [0.2, 0.25) is 11.8 Å². The second-order valence-electron chi connectivity index (χ2n) is 4.85. The normalized spacial score (nSPS) is 17.4. The van der Waals surface area contributed by atoms with E-state index in [0.717, 1.165) is 29.7 Å². The van der Waals surface area contributed by atoms with E-state index in [-0.39, 0.29) is 19.1 Å². The number of hydrogen-bond acceptors (Lipinski definition) is 4. The van der Waals surface area contributed by atoms with Gasteiger partial charge in [0.15, 0.2) is 0 Å². The van der Waals surface area contributed by atoms with Crippen molar-refractivity contribution in [3.05, 3.63) is 29.3 Å². The largest absolute Gasteiger partial charge is 0.399 e. The van der Waals surface area contributed by atoms with Crippen LogP contribution in [0.1, 0.15) is 23.6 Å². The van der Waals surface area contributed by atoms with Crippen molar-refractivity contribution in [1.29, 1.82) is 0 Å². The van der Waals surface area contributed by atoms with Gasteiger partial charge in [0.05, 0.1) is 13.1 Å². The minimum absolute atomic E-state index is 0.00407. The number of anilines is 1. The molecule has 0 bridgehead atoms. The van der Waals surface area contributed by atoms with Crippen LogP contribution < -0.4 is 17.2 Å². The lowest BCUT2D eigenvalue weighted by Crippen LogP contribution is -2.41. The molecule has 0 aliphatic heterocycles. The van der Waals surface area contributed by atoms with Gasteiger partial charge in [-0.25, -0.2) is 0 Å². The molecule has 2 rings (SSSR count). The summed E-state index contributed by atoms with van der Waals surface area (Å²) in [4.78, 5) is 24.0. The van der Waals surface area contributed by atoms with E-state index in [4.69, 9.17) is 17.2 Å². The standard InChI is InChI=1S/C13H18N4O2/c14-9-2-3-10-8(5-9)1-4-11(10)17(6-12(15)18)7-13(16)19/h2-3,5,11H,1,4,6-7,14H2,(H2,15,18)(H2,16,19). The van der Waals surface area contributed by atoms with Crippen molar-refractivity contribution in [3.63, 3.8) is 0 Å². The van der Waals surface area contributed by atoms with Gasteiger partial charge in [0.25, 0.3) is 0 Å². The molecule has 0 aromatic heterocycles. The maximum absolute atomic E-state index is 11.1. The van der Waals surface area contributed by atoms with Crippen LogP contribution >= 0.6 is 0 Å². The molecular formula is C13H18N4O2. The van der Waals surface area contributed by atoms with Crippen molar-refractivity contribution < 1.29 is 9.59 Å². The van der Waals surface area contributed by atoms with E-state index in [2.05, 4.69) is 0 Å². The van der Waals surface area contributed by atoms with Gasteiger partial charge in [0, 0.05) is 11.7 Å². The molecule has 102 valence electrons. The molecule has 1 aliphatic rings. The molecule has 0 saturated carbocycles. The number of carbonyl (C=O) groups is 2. The fourth-order valence-corrected chi connectivity index (χ4v) is 2.67. The molecule has 0 saturated heterocycles. The first kappa shape index (κ1) is 13.4. The van der Waals surface area contributed by atoms with E-state index in [0.29, 0.717) is 0 Å². The summed E-state index contributed by atoms with van der Waals surface area (Å²) in [6.07, 6.45) is 1.71. The summed E-state index contributed by atoms with van der Waals surface area (Å²) in [5, 5.41) is 0. The fraction of sp³-hybridized carbons (Fsp3) is 0.385. The highest BCUT2D eigenvalue weighted by atomic mass is 16.2. The van der Waals surface area contributed by atoms with Gasteiger partial charge in [-0.1, -0.05) is 6.07 Å². The van der Waals surface area contributed by atoms with E-state index in [1.54, 1.807) is 4.90 Å². The molecule has 1 atom stereocenters. The molecule has 0 fully saturated rings. The average Bonchev–Trinajstić information content (AvgIpc) is 2.69. The molecule has 1 aromatic rings. The maximum Gasteiger partial charge on any atom is 0.231 e. The molecule has 0 heterocycles. The van der Waals surface area contributed by atoms with Crippen molar-refractivity contribution >= 4 is 17.5 Å². The molecular weight excluding hydrogens is 244 g/mol. The topological polar surface area (TPSA) is 115 Å². The number of hydrogen-bond donors (Lipinski definition) is 3. The summed E-state index contributed by atoms with van der Waals surface area (Å²) >= 11 is 0. The molecule has 6 nitrogen and oxygen atoms in total. The van der Waals surface area contributed by atoms with Gasteiger partial charge in [0.1, 0.15) is 0 Å². The van der Waals surface area contributed by atoms with Crippen LogP contribution in [0.2, 0.25) is 0 Å². The number of primary amides is 2. The Morgan fingerprint density at radius 3 is 2.42 bits per heavy atom. The third-order valence-corrected chi connectivity index (χ3v) is 3.37. The zero-order valence-electron chi connectivity index (χ0n) is 10.6. The Hall–Kier alpha value is -2.08. The van der Waals surface area contributed by atoms with Crippen molar-refractivity contribution in [2.24, 2.45) is 11.5 Å². The van der Waals surface area contributed by atoms with Crippen LogP contribution in [-0.4, -0.2) is 29.8 Å². The summed E-state index contributed by atoms with van der Waals surface area (Å²) in [6, 6.07) is 5.69. The quantitative estimate of drug-likeness (QED) is 0.622. The van der Waals surface area contributed by atoms with Gasteiger partial charge < -0.3 is 17.2 Å². The highest BCUT2D eigenvalue weighted by Gasteiger charge is 2.29. The smallest absolute Gasteiger partial charge is 0.231 e. The van der Waals surface area contributed by atoms with Crippen molar-refractivity contribution in [1.82, 2.24) is 4.90 Å². The van der Waals surface area contributed by atoms with Gasteiger partial charge in [-0.3, -0.25) is 14.5 Å². The Bertz CT molecular complexity index is 499. The molecule has 0 radical (unpaired) electrons. The van der Waals surface area contributed by atoms with Crippen molar-refractivity contribution in [2.45, 2.75) is 18.9 Å². The Balaban J connectivity index is 2.25. The van der Waals surface area contributed by atoms with Crippen molar-refractivity contribution in [2.75, 3.05) is 18.8 Å². The van der Waals surface area contributed by atoms with Gasteiger partial charge in [-0.2, -0.15) is 0 Å². The Labute approximate surface area is 111 Å². The van der Waals surface area contributed by atoms with Gasteiger partial charge >= 0.3 is 0 Å². The third kappa shape index (κ3) is 3.03. The van der Waals surface area contributed by atoms with E-state index in [1.807, 2.05) is 18.2 Å². The highest BCUT2D eigenvalue weighted by molar-refractivity contribution is 5.79. The number of aryl methyl sites for hydroxylation is 1. The molecule has 1 aliphatic carbocycles. The molecule has 1 aromatic carbocycles. The Morgan fingerprint density at radius 2 is 1.84 bits per heavy atom. The Morgan fingerprint density at radius 1 is 1.21 bits per heavy atom. The molecule has 6 heteroatoms. The van der Waals surface area contributed by atoms with Crippen LogP contribution in [0.4, 0.5) is 5.69 Å². The minimum Gasteiger partial charge on any atom is -0.399 e.